The summed E-state index contributed by atoms with van der Waals surface area (Å²) in [6.45, 7) is 1.03. The smallest absolute Gasteiger partial charge is 0.339 e. The third-order valence-corrected chi connectivity index (χ3v) is 2.27. The minimum absolute atomic E-state index is 0.829. The first-order valence-electron chi connectivity index (χ1n) is 5.00. The lowest BCUT2D eigenvalue weighted by atomic mass is 9.99. The second-order valence-electron chi connectivity index (χ2n) is 3.59. The third kappa shape index (κ3) is 3.15. The molecule has 3 N–H and O–H groups in total. The van der Waals surface area contributed by atoms with Crippen LogP contribution in [0.2, 0.25) is 0 Å². The summed E-state index contributed by atoms with van der Waals surface area (Å²) in [7, 11) is 1.05. The molecule has 104 valence electrons. The second-order valence-corrected chi connectivity index (χ2v) is 3.59. The summed E-state index contributed by atoms with van der Waals surface area (Å²) >= 11 is 0. The van der Waals surface area contributed by atoms with Gasteiger partial charge in [0, 0.05) is 6.92 Å². The van der Waals surface area contributed by atoms with E-state index in [1.54, 1.807) is 0 Å². The maximum absolute atomic E-state index is 11.2. The van der Waals surface area contributed by atoms with E-state index in [9.17, 15) is 24.9 Å². The molecule has 0 bridgehead atoms. The third-order valence-electron chi connectivity index (χ3n) is 2.27. The number of hydrogen-bond donors (Lipinski definition) is 3. The molecule has 0 saturated carbocycles. The molecule has 5 unspecified atom stereocenters. The standard InChI is InChI=1S/C9H14O9/c1-3(10)17-18-6-4(11)7(9(14)15-2)16-8(13)5(6)12/h4-8,11-13H,1-2H3. The zero-order valence-electron chi connectivity index (χ0n) is 9.68. The molecule has 1 saturated heterocycles. The van der Waals surface area contributed by atoms with Crippen molar-refractivity contribution in [1.29, 1.82) is 0 Å². The van der Waals surface area contributed by atoms with Gasteiger partial charge in [0.25, 0.3) is 0 Å². The van der Waals surface area contributed by atoms with Crippen molar-refractivity contribution in [2.75, 3.05) is 7.11 Å². The normalized spacial score (nSPS) is 35.9. The van der Waals surface area contributed by atoms with E-state index in [0.717, 1.165) is 14.0 Å². The average molecular weight is 266 g/mol. The van der Waals surface area contributed by atoms with Crippen LogP contribution in [0.15, 0.2) is 0 Å². The van der Waals surface area contributed by atoms with Gasteiger partial charge in [-0.1, -0.05) is 0 Å². The van der Waals surface area contributed by atoms with Crippen LogP contribution >= 0.6 is 0 Å². The minimum atomic E-state index is -1.79. The number of esters is 1. The number of carbonyl (C=O) groups is 2. The molecule has 5 atom stereocenters. The molecule has 0 aromatic carbocycles. The number of aliphatic hydroxyl groups is 3. The highest BCUT2D eigenvalue weighted by Crippen LogP contribution is 2.23. The van der Waals surface area contributed by atoms with E-state index in [2.05, 4.69) is 19.2 Å². The van der Waals surface area contributed by atoms with E-state index in [-0.39, 0.29) is 0 Å². The summed E-state index contributed by atoms with van der Waals surface area (Å²) in [5.74, 6) is -1.80. The van der Waals surface area contributed by atoms with E-state index >= 15 is 0 Å². The number of methoxy groups -OCH3 is 1. The predicted molar refractivity (Wildman–Crippen MR) is 51.5 cm³/mol. The van der Waals surface area contributed by atoms with Gasteiger partial charge in [-0.2, -0.15) is 4.89 Å². The van der Waals surface area contributed by atoms with Crippen molar-refractivity contribution in [3.8, 4) is 0 Å². The first-order chi connectivity index (χ1) is 8.38. The van der Waals surface area contributed by atoms with Gasteiger partial charge in [0.2, 0.25) is 0 Å². The highest BCUT2D eigenvalue weighted by Gasteiger charge is 2.49. The fourth-order valence-corrected chi connectivity index (χ4v) is 1.40. The van der Waals surface area contributed by atoms with Gasteiger partial charge in [0.15, 0.2) is 18.5 Å². The van der Waals surface area contributed by atoms with E-state index in [1.807, 2.05) is 0 Å². The van der Waals surface area contributed by atoms with Crippen molar-refractivity contribution in [2.45, 2.75) is 37.6 Å². The first kappa shape index (κ1) is 14.8. The largest absolute Gasteiger partial charge is 0.467 e. The molecule has 9 heteroatoms. The Kier molecular flexibility index (Phi) is 4.99. The van der Waals surface area contributed by atoms with Crippen LogP contribution in [-0.2, 0) is 28.8 Å². The predicted octanol–water partition coefficient (Wildman–Crippen LogP) is -2.54. The van der Waals surface area contributed by atoms with Crippen LogP contribution in [0.25, 0.3) is 0 Å². The lowest BCUT2D eigenvalue weighted by Gasteiger charge is -2.37. The quantitative estimate of drug-likeness (QED) is 0.287. The topological polar surface area (TPSA) is 132 Å². The van der Waals surface area contributed by atoms with Gasteiger partial charge >= 0.3 is 11.9 Å². The van der Waals surface area contributed by atoms with E-state index in [4.69, 9.17) is 0 Å². The van der Waals surface area contributed by atoms with E-state index < -0.39 is 42.6 Å². The number of hydrogen-bond acceptors (Lipinski definition) is 9. The molecule has 18 heavy (non-hydrogen) atoms. The Morgan fingerprint density at radius 3 is 2.28 bits per heavy atom. The molecule has 0 aliphatic carbocycles. The maximum atomic E-state index is 11.2. The average Bonchev–Trinajstić information content (AvgIpc) is 2.32. The van der Waals surface area contributed by atoms with E-state index in [1.165, 1.54) is 0 Å². The summed E-state index contributed by atoms with van der Waals surface area (Å²) in [6, 6.07) is 0. The second kappa shape index (κ2) is 6.07. The van der Waals surface area contributed by atoms with Crippen molar-refractivity contribution in [1.82, 2.24) is 0 Å². The summed E-state index contributed by atoms with van der Waals surface area (Å²) in [5, 5.41) is 28.5. The van der Waals surface area contributed by atoms with Crippen molar-refractivity contribution < 1.29 is 44.2 Å². The zero-order chi connectivity index (χ0) is 13.9. The number of rotatable bonds is 3. The fraction of sp³-hybridized carbons (Fsp3) is 0.778. The van der Waals surface area contributed by atoms with Crippen molar-refractivity contribution >= 4 is 11.9 Å². The molecule has 0 radical (unpaired) electrons. The SMILES string of the molecule is COC(=O)C1OC(O)C(O)C(OOC(C)=O)C1O. The molecule has 9 nitrogen and oxygen atoms in total. The van der Waals surface area contributed by atoms with Crippen LogP contribution in [0.1, 0.15) is 6.92 Å². The van der Waals surface area contributed by atoms with Gasteiger partial charge in [0.1, 0.15) is 12.2 Å². The Morgan fingerprint density at radius 1 is 1.17 bits per heavy atom. The molecule has 1 heterocycles. The van der Waals surface area contributed by atoms with Crippen LogP contribution in [-0.4, -0.2) is 65.1 Å². The van der Waals surface area contributed by atoms with Crippen molar-refractivity contribution in [2.24, 2.45) is 0 Å². The van der Waals surface area contributed by atoms with Gasteiger partial charge in [-0.15, -0.1) is 0 Å². The Balaban J connectivity index is 2.78. The monoisotopic (exact) mass is 266 g/mol. The molecule has 1 fully saturated rings. The minimum Gasteiger partial charge on any atom is -0.467 e. The molecule has 0 aromatic heterocycles. The number of ether oxygens (including phenoxy) is 2. The van der Waals surface area contributed by atoms with Crippen molar-refractivity contribution in [3.05, 3.63) is 0 Å². The van der Waals surface area contributed by atoms with Crippen LogP contribution in [0, 0.1) is 0 Å². The van der Waals surface area contributed by atoms with Gasteiger partial charge in [-0.25, -0.2) is 9.59 Å². The molecule has 1 rings (SSSR count). The Bertz CT molecular complexity index is 317. The number of aliphatic hydroxyl groups excluding tert-OH is 3. The number of carbonyl (C=O) groups excluding carboxylic acids is 2. The summed E-state index contributed by atoms with van der Waals surface area (Å²) in [5.41, 5.74) is 0. The van der Waals surface area contributed by atoms with Crippen LogP contribution in [0.4, 0.5) is 0 Å². The van der Waals surface area contributed by atoms with Crippen LogP contribution in [0.5, 0.6) is 0 Å². The lowest BCUT2D eigenvalue weighted by molar-refractivity contribution is -0.369. The van der Waals surface area contributed by atoms with Gasteiger partial charge in [-0.3, -0.25) is 4.89 Å². The summed E-state index contributed by atoms with van der Waals surface area (Å²) in [4.78, 5) is 30.4. The summed E-state index contributed by atoms with van der Waals surface area (Å²) < 4.78 is 9.00. The van der Waals surface area contributed by atoms with Gasteiger partial charge < -0.3 is 24.8 Å². The molecule has 1 aliphatic rings. The zero-order valence-corrected chi connectivity index (χ0v) is 9.68. The Morgan fingerprint density at radius 2 is 1.78 bits per heavy atom. The fourth-order valence-electron chi connectivity index (χ4n) is 1.40. The van der Waals surface area contributed by atoms with Gasteiger partial charge in [0.05, 0.1) is 7.11 Å². The highest BCUT2D eigenvalue weighted by atomic mass is 17.2. The van der Waals surface area contributed by atoms with Crippen LogP contribution < -0.4 is 0 Å². The van der Waals surface area contributed by atoms with Crippen LogP contribution in [0.3, 0.4) is 0 Å². The van der Waals surface area contributed by atoms with Crippen molar-refractivity contribution in [3.63, 3.8) is 0 Å². The molecular weight excluding hydrogens is 252 g/mol. The Labute approximate surface area is 102 Å². The highest BCUT2D eigenvalue weighted by molar-refractivity contribution is 5.75. The maximum Gasteiger partial charge on any atom is 0.339 e. The van der Waals surface area contributed by atoms with E-state index in [0.29, 0.717) is 0 Å². The first-order valence-corrected chi connectivity index (χ1v) is 5.00. The molecule has 0 spiro atoms. The molecule has 0 amide bonds. The van der Waals surface area contributed by atoms with Gasteiger partial charge in [-0.05, 0) is 0 Å². The lowest BCUT2D eigenvalue weighted by Crippen LogP contribution is -2.60. The summed E-state index contributed by atoms with van der Waals surface area (Å²) in [6.07, 6.45) is -8.26. The molecule has 0 aromatic rings. The Hall–Kier alpha value is -1.26. The molecular formula is C9H14O9. The molecule has 1 aliphatic heterocycles.